The average molecular weight is 339 g/mol. The summed E-state index contributed by atoms with van der Waals surface area (Å²) in [5, 5.41) is 1.81. The van der Waals surface area contributed by atoms with Crippen molar-refractivity contribution in [3.8, 4) is 16.9 Å². The minimum atomic E-state index is 0.0282. The van der Waals surface area contributed by atoms with Gasteiger partial charge in [-0.1, -0.05) is 73.2 Å². The summed E-state index contributed by atoms with van der Waals surface area (Å²) in [5.41, 5.74) is 5.36. The molecule has 0 atom stereocenters. The highest BCUT2D eigenvalue weighted by molar-refractivity contribution is 5.90. The molecule has 1 heterocycles. The van der Waals surface area contributed by atoms with Crippen molar-refractivity contribution < 1.29 is 0 Å². The molecule has 0 radical (unpaired) electrons. The highest BCUT2D eigenvalue weighted by Gasteiger charge is 2.17. The van der Waals surface area contributed by atoms with Gasteiger partial charge < -0.3 is 0 Å². The number of aromatic nitrogens is 1. The summed E-state index contributed by atoms with van der Waals surface area (Å²) in [7, 11) is 0. The van der Waals surface area contributed by atoms with Gasteiger partial charge in [0.25, 0.3) is 5.56 Å². The molecular weight excluding hydrogens is 318 g/mol. The molecule has 0 saturated heterocycles. The van der Waals surface area contributed by atoms with Gasteiger partial charge in [-0.05, 0) is 48.1 Å². The molecule has 1 aromatic heterocycles. The summed E-state index contributed by atoms with van der Waals surface area (Å²) in [6.07, 6.45) is 0.858. The molecule has 4 rings (SSSR count). The first-order chi connectivity index (χ1) is 12.7. The fourth-order valence-corrected chi connectivity index (χ4v) is 3.61. The number of aryl methyl sites for hydroxylation is 2. The van der Waals surface area contributed by atoms with E-state index in [-0.39, 0.29) is 5.56 Å². The Kier molecular flexibility index (Phi) is 4.18. The number of hydrogen-bond acceptors (Lipinski definition) is 1. The number of nitrogens with zero attached hydrogens (tertiary/aromatic N) is 1. The molecule has 0 aliphatic rings. The lowest BCUT2D eigenvalue weighted by Gasteiger charge is -2.20. The van der Waals surface area contributed by atoms with E-state index in [4.69, 9.17) is 0 Å². The van der Waals surface area contributed by atoms with Crippen molar-refractivity contribution in [2.75, 3.05) is 0 Å². The van der Waals surface area contributed by atoms with E-state index in [1.165, 1.54) is 11.1 Å². The molecule has 26 heavy (non-hydrogen) atoms. The molecule has 0 bridgehead atoms. The second-order valence-corrected chi connectivity index (χ2v) is 6.57. The van der Waals surface area contributed by atoms with E-state index >= 15 is 0 Å². The monoisotopic (exact) mass is 339 g/mol. The van der Waals surface area contributed by atoms with E-state index in [2.05, 4.69) is 44.2 Å². The minimum Gasteiger partial charge on any atom is -0.276 e. The van der Waals surface area contributed by atoms with Crippen molar-refractivity contribution in [3.05, 3.63) is 100 Å². The Bertz CT molecular complexity index is 1120. The molecule has 2 nitrogen and oxygen atoms in total. The van der Waals surface area contributed by atoms with E-state index in [1.54, 1.807) is 0 Å². The van der Waals surface area contributed by atoms with Crippen LogP contribution in [0.15, 0.2) is 83.7 Å². The molecule has 0 N–H and O–H groups in total. The van der Waals surface area contributed by atoms with E-state index in [0.717, 1.165) is 34.1 Å². The number of hydrogen-bond donors (Lipinski definition) is 0. The molecule has 0 amide bonds. The topological polar surface area (TPSA) is 22.0 Å². The van der Waals surface area contributed by atoms with Crippen LogP contribution >= 0.6 is 0 Å². The number of rotatable bonds is 3. The Hall–Kier alpha value is -3.13. The van der Waals surface area contributed by atoms with Gasteiger partial charge in [0.2, 0.25) is 0 Å². The van der Waals surface area contributed by atoms with Crippen molar-refractivity contribution in [3.63, 3.8) is 0 Å². The fourth-order valence-electron chi connectivity index (χ4n) is 3.61. The highest BCUT2D eigenvalue weighted by Crippen LogP contribution is 2.30. The first-order valence-electron chi connectivity index (χ1n) is 9.00. The van der Waals surface area contributed by atoms with Crippen LogP contribution < -0.4 is 5.56 Å². The summed E-state index contributed by atoms with van der Waals surface area (Å²) >= 11 is 0. The molecule has 128 valence electrons. The number of fused-ring (bicyclic) bond motifs is 1. The summed E-state index contributed by atoms with van der Waals surface area (Å²) < 4.78 is 1.87. The second-order valence-electron chi connectivity index (χ2n) is 6.57. The summed E-state index contributed by atoms with van der Waals surface area (Å²) in [6.45, 7) is 4.21. The zero-order valence-corrected chi connectivity index (χ0v) is 15.1. The maximum Gasteiger partial charge on any atom is 0.263 e. The first-order valence-corrected chi connectivity index (χ1v) is 9.00. The van der Waals surface area contributed by atoms with Crippen molar-refractivity contribution in [1.29, 1.82) is 0 Å². The minimum absolute atomic E-state index is 0.0282. The fraction of sp³-hybridized carbons (Fsp3) is 0.125. The molecule has 0 unspecified atom stereocenters. The molecular formula is C24H21NO. The Labute approximate surface area is 153 Å². The zero-order chi connectivity index (χ0) is 18.1. The first kappa shape index (κ1) is 16.3. The Balaban J connectivity index is 2.20. The summed E-state index contributed by atoms with van der Waals surface area (Å²) in [4.78, 5) is 13.4. The maximum atomic E-state index is 13.4. The number of pyridine rings is 1. The Morgan fingerprint density at radius 3 is 2.04 bits per heavy atom. The van der Waals surface area contributed by atoms with Crippen LogP contribution in [0, 0.1) is 6.92 Å². The molecule has 2 heteroatoms. The van der Waals surface area contributed by atoms with Crippen LogP contribution in [0.2, 0.25) is 0 Å². The third kappa shape index (κ3) is 2.64. The van der Waals surface area contributed by atoms with Crippen molar-refractivity contribution in [1.82, 2.24) is 4.57 Å². The SMILES string of the molecule is CCc1c(-c2ccccc2)n(-c2ccc(C)cc2)c(=O)c2ccccc12. The van der Waals surface area contributed by atoms with E-state index in [0.29, 0.717) is 0 Å². The Morgan fingerprint density at radius 1 is 0.769 bits per heavy atom. The van der Waals surface area contributed by atoms with Crippen LogP contribution in [-0.2, 0) is 6.42 Å². The summed E-state index contributed by atoms with van der Waals surface area (Å²) in [5.74, 6) is 0. The van der Waals surface area contributed by atoms with Crippen molar-refractivity contribution in [2.45, 2.75) is 20.3 Å². The largest absolute Gasteiger partial charge is 0.276 e. The lowest BCUT2D eigenvalue weighted by Crippen LogP contribution is -2.22. The van der Waals surface area contributed by atoms with Crippen LogP contribution in [0.1, 0.15) is 18.1 Å². The molecule has 0 fully saturated rings. The smallest absolute Gasteiger partial charge is 0.263 e. The van der Waals surface area contributed by atoms with Gasteiger partial charge in [-0.15, -0.1) is 0 Å². The van der Waals surface area contributed by atoms with Crippen LogP contribution in [0.4, 0.5) is 0 Å². The lowest BCUT2D eigenvalue weighted by molar-refractivity contribution is 0.984. The van der Waals surface area contributed by atoms with Gasteiger partial charge in [-0.2, -0.15) is 0 Å². The predicted molar refractivity (Wildman–Crippen MR) is 109 cm³/mol. The van der Waals surface area contributed by atoms with E-state index < -0.39 is 0 Å². The van der Waals surface area contributed by atoms with E-state index in [9.17, 15) is 4.79 Å². The maximum absolute atomic E-state index is 13.4. The van der Waals surface area contributed by atoms with Crippen molar-refractivity contribution >= 4 is 10.8 Å². The van der Waals surface area contributed by atoms with Crippen LogP contribution in [-0.4, -0.2) is 4.57 Å². The Morgan fingerprint density at radius 2 is 1.38 bits per heavy atom. The van der Waals surface area contributed by atoms with Gasteiger partial charge in [-0.25, -0.2) is 0 Å². The van der Waals surface area contributed by atoms with Gasteiger partial charge in [0.1, 0.15) is 0 Å². The van der Waals surface area contributed by atoms with Gasteiger partial charge in [-0.3, -0.25) is 9.36 Å². The van der Waals surface area contributed by atoms with Crippen LogP contribution in [0.3, 0.4) is 0 Å². The lowest BCUT2D eigenvalue weighted by atomic mass is 9.97. The van der Waals surface area contributed by atoms with Crippen molar-refractivity contribution in [2.24, 2.45) is 0 Å². The van der Waals surface area contributed by atoms with Gasteiger partial charge in [0, 0.05) is 11.1 Å². The molecule has 0 spiro atoms. The zero-order valence-electron chi connectivity index (χ0n) is 15.1. The van der Waals surface area contributed by atoms with Crippen LogP contribution in [0.5, 0.6) is 0 Å². The van der Waals surface area contributed by atoms with E-state index in [1.807, 2.05) is 53.1 Å². The molecule has 0 saturated carbocycles. The quantitative estimate of drug-likeness (QED) is 0.481. The standard InChI is InChI=1S/C24H21NO/c1-3-20-21-11-7-8-12-22(21)24(26)25(19-15-13-17(2)14-16-19)23(20)18-9-5-4-6-10-18/h4-16H,3H2,1-2H3. The van der Waals surface area contributed by atoms with Gasteiger partial charge in [0.05, 0.1) is 5.69 Å². The third-order valence-corrected chi connectivity index (χ3v) is 4.89. The van der Waals surface area contributed by atoms with Gasteiger partial charge in [0.15, 0.2) is 0 Å². The van der Waals surface area contributed by atoms with Gasteiger partial charge >= 0.3 is 0 Å². The molecule has 0 aliphatic heterocycles. The third-order valence-electron chi connectivity index (χ3n) is 4.89. The summed E-state index contributed by atoms with van der Waals surface area (Å²) in [6, 6.07) is 26.3. The van der Waals surface area contributed by atoms with Crippen LogP contribution in [0.25, 0.3) is 27.7 Å². The average Bonchev–Trinajstić information content (AvgIpc) is 2.69. The molecule has 0 aliphatic carbocycles. The predicted octanol–water partition coefficient (Wildman–Crippen LogP) is 5.53. The molecule has 3 aromatic carbocycles. The number of benzene rings is 3. The highest BCUT2D eigenvalue weighted by atomic mass is 16.1. The molecule has 4 aromatic rings. The second kappa shape index (κ2) is 6.64. The normalized spacial score (nSPS) is 11.0.